The van der Waals surface area contributed by atoms with Crippen LogP contribution in [0.3, 0.4) is 0 Å². The zero-order valence-electron chi connectivity index (χ0n) is 11.0. The summed E-state index contributed by atoms with van der Waals surface area (Å²) in [6.07, 6.45) is 2.14. The second-order valence-corrected chi connectivity index (χ2v) is 4.92. The summed E-state index contributed by atoms with van der Waals surface area (Å²) in [4.78, 5) is 14.5. The van der Waals surface area contributed by atoms with Crippen molar-refractivity contribution in [3.05, 3.63) is 23.8 Å². The maximum absolute atomic E-state index is 12.5. The Hall–Kier alpha value is -1.75. The molecule has 1 fully saturated rings. The first-order chi connectivity index (χ1) is 9.29. The van der Waals surface area contributed by atoms with Crippen molar-refractivity contribution in [2.75, 3.05) is 26.9 Å². The molecule has 19 heavy (non-hydrogen) atoms. The van der Waals surface area contributed by atoms with E-state index in [9.17, 15) is 4.79 Å². The molecule has 0 spiro atoms. The number of ether oxygens (including phenoxy) is 2. The van der Waals surface area contributed by atoms with Crippen LogP contribution in [0.25, 0.3) is 0 Å². The summed E-state index contributed by atoms with van der Waals surface area (Å²) < 4.78 is 10.6. The molecule has 3 rings (SSSR count). The van der Waals surface area contributed by atoms with E-state index < -0.39 is 0 Å². The second kappa shape index (κ2) is 5.09. The van der Waals surface area contributed by atoms with Crippen LogP contribution in [0.15, 0.2) is 18.2 Å². The van der Waals surface area contributed by atoms with E-state index in [1.54, 1.807) is 12.1 Å². The van der Waals surface area contributed by atoms with Gasteiger partial charge in [-0.05, 0) is 38.1 Å². The first-order valence-electron chi connectivity index (χ1n) is 6.65. The van der Waals surface area contributed by atoms with Crippen LogP contribution in [0.2, 0.25) is 0 Å². The Labute approximate surface area is 112 Å². The van der Waals surface area contributed by atoms with E-state index in [2.05, 4.69) is 5.32 Å². The van der Waals surface area contributed by atoms with E-state index >= 15 is 0 Å². The molecule has 1 aromatic carbocycles. The van der Waals surface area contributed by atoms with E-state index in [4.69, 9.17) is 9.47 Å². The first-order valence-corrected chi connectivity index (χ1v) is 6.65. The molecule has 1 unspecified atom stereocenters. The van der Waals surface area contributed by atoms with E-state index in [-0.39, 0.29) is 12.7 Å². The van der Waals surface area contributed by atoms with Crippen molar-refractivity contribution in [3.63, 3.8) is 0 Å². The summed E-state index contributed by atoms with van der Waals surface area (Å²) in [5.41, 5.74) is 0.673. The monoisotopic (exact) mass is 262 g/mol. The van der Waals surface area contributed by atoms with Crippen molar-refractivity contribution in [3.8, 4) is 11.5 Å². The molecule has 1 aromatic rings. The lowest BCUT2D eigenvalue weighted by Crippen LogP contribution is -2.40. The number of carbonyl (C=O) groups is 1. The number of likely N-dealkylation sites (N-methyl/N-ethyl adjacent to an activating group) is 1. The van der Waals surface area contributed by atoms with Crippen LogP contribution in [-0.2, 0) is 0 Å². The molecular formula is C14H18N2O3. The van der Waals surface area contributed by atoms with Gasteiger partial charge in [-0.25, -0.2) is 0 Å². The van der Waals surface area contributed by atoms with Gasteiger partial charge in [-0.15, -0.1) is 0 Å². The quantitative estimate of drug-likeness (QED) is 0.890. The molecular weight excluding hydrogens is 244 g/mol. The number of nitrogens with one attached hydrogen (secondary N) is 1. The highest BCUT2D eigenvalue weighted by Crippen LogP contribution is 2.33. The Morgan fingerprint density at radius 2 is 2.26 bits per heavy atom. The average Bonchev–Trinajstić information content (AvgIpc) is 3.05. The molecule has 1 saturated heterocycles. The van der Waals surface area contributed by atoms with Crippen molar-refractivity contribution >= 4 is 5.91 Å². The molecule has 1 amide bonds. The Bertz CT molecular complexity index is 490. The Balaban J connectivity index is 1.79. The van der Waals surface area contributed by atoms with Crippen LogP contribution in [-0.4, -0.2) is 43.8 Å². The minimum Gasteiger partial charge on any atom is -0.454 e. The number of nitrogens with zero attached hydrogens (tertiary/aromatic N) is 1. The minimum atomic E-state index is 0.0797. The molecule has 102 valence electrons. The summed E-state index contributed by atoms with van der Waals surface area (Å²) in [5.74, 6) is 1.45. The van der Waals surface area contributed by atoms with Crippen LogP contribution in [0.5, 0.6) is 11.5 Å². The van der Waals surface area contributed by atoms with Gasteiger partial charge in [-0.1, -0.05) is 0 Å². The highest BCUT2D eigenvalue weighted by molar-refractivity contribution is 5.95. The SMILES string of the molecule is CNCC1CCCN1C(=O)c1ccc2c(c1)OCO2. The lowest BCUT2D eigenvalue weighted by atomic mass is 10.1. The van der Waals surface area contributed by atoms with E-state index in [0.29, 0.717) is 23.1 Å². The second-order valence-electron chi connectivity index (χ2n) is 4.92. The van der Waals surface area contributed by atoms with E-state index in [1.807, 2.05) is 18.0 Å². The fourth-order valence-corrected chi connectivity index (χ4v) is 2.75. The summed E-state index contributed by atoms with van der Waals surface area (Å²) in [5, 5.41) is 3.15. The molecule has 0 radical (unpaired) electrons. The minimum absolute atomic E-state index is 0.0797. The number of benzene rings is 1. The smallest absolute Gasteiger partial charge is 0.254 e. The van der Waals surface area contributed by atoms with Crippen molar-refractivity contribution in [1.82, 2.24) is 10.2 Å². The summed E-state index contributed by atoms with van der Waals surface area (Å²) in [7, 11) is 1.92. The molecule has 0 aromatic heterocycles. The van der Waals surface area contributed by atoms with Gasteiger partial charge in [0.05, 0.1) is 0 Å². The van der Waals surface area contributed by atoms with Crippen LogP contribution < -0.4 is 14.8 Å². The normalized spacial score (nSPS) is 20.9. The number of hydrogen-bond acceptors (Lipinski definition) is 4. The highest BCUT2D eigenvalue weighted by Gasteiger charge is 2.29. The lowest BCUT2D eigenvalue weighted by molar-refractivity contribution is 0.0736. The topological polar surface area (TPSA) is 50.8 Å². The number of fused-ring (bicyclic) bond motifs is 1. The summed E-state index contributed by atoms with van der Waals surface area (Å²) in [6.45, 7) is 1.91. The van der Waals surface area contributed by atoms with Gasteiger partial charge in [0.15, 0.2) is 11.5 Å². The largest absolute Gasteiger partial charge is 0.454 e. The molecule has 5 heteroatoms. The van der Waals surface area contributed by atoms with Gasteiger partial charge in [0.25, 0.3) is 5.91 Å². The predicted octanol–water partition coefficient (Wildman–Crippen LogP) is 1.24. The molecule has 1 N–H and O–H groups in total. The van der Waals surface area contributed by atoms with Crippen molar-refractivity contribution in [2.45, 2.75) is 18.9 Å². The maximum atomic E-state index is 12.5. The molecule has 0 bridgehead atoms. The third-order valence-corrected chi connectivity index (χ3v) is 3.70. The van der Waals surface area contributed by atoms with Gasteiger partial charge in [0, 0.05) is 24.7 Å². The van der Waals surface area contributed by atoms with Crippen LogP contribution in [0.4, 0.5) is 0 Å². The third kappa shape index (κ3) is 2.26. The molecule has 2 aliphatic heterocycles. The first kappa shape index (κ1) is 12.3. The zero-order chi connectivity index (χ0) is 13.2. The number of hydrogen-bond donors (Lipinski definition) is 1. The van der Waals surface area contributed by atoms with Gasteiger partial charge in [0.1, 0.15) is 0 Å². The molecule has 1 atom stereocenters. The molecule has 2 aliphatic rings. The number of likely N-dealkylation sites (tertiary alicyclic amines) is 1. The van der Waals surface area contributed by atoms with E-state index in [1.165, 1.54) is 0 Å². The third-order valence-electron chi connectivity index (χ3n) is 3.70. The lowest BCUT2D eigenvalue weighted by Gasteiger charge is -2.24. The molecule has 0 aliphatic carbocycles. The summed E-state index contributed by atoms with van der Waals surface area (Å²) in [6, 6.07) is 5.69. The number of rotatable bonds is 3. The number of amides is 1. The van der Waals surface area contributed by atoms with Gasteiger partial charge >= 0.3 is 0 Å². The maximum Gasteiger partial charge on any atom is 0.254 e. The van der Waals surface area contributed by atoms with Crippen LogP contribution in [0, 0.1) is 0 Å². The standard InChI is InChI=1S/C14H18N2O3/c1-15-8-11-3-2-6-16(11)14(17)10-4-5-12-13(7-10)19-9-18-12/h4-5,7,11,15H,2-3,6,8-9H2,1H3. The van der Waals surface area contributed by atoms with Crippen molar-refractivity contribution in [2.24, 2.45) is 0 Å². The Morgan fingerprint density at radius 3 is 3.11 bits per heavy atom. The van der Waals surface area contributed by atoms with Gasteiger partial charge in [-0.2, -0.15) is 0 Å². The molecule has 2 heterocycles. The molecule has 5 nitrogen and oxygen atoms in total. The predicted molar refractivity (Wildman–Crippen MR) is 70.6 cm³/mol. The average molecular weight is 262 g/mol. The Morgan fingerprint density at radius 1 is 1.42 bits per heavy atom. The fraction of sp³-hybridized carbons (Fsp3) is 0.500. The zero-order valence-corrected chi connectivity index (χ0v) is 11.0. The van der Waals surface area contributed by atoms with Gasteiger partial charge in [0.2, 0.25) is 6.79 Å². The van der Waals surface area contributed by atoms with Gasteiger partial charge < -0.3 is 19.7 Å². The van der Waals surface area contributed by atoms with Crippen LogP contribution >= 0.6 is 0 Å². The van der Waals surface area contributed by atoms with Crippen molar-refractivity contribution < 1.29 is 14.3 Å². The van der Waals surface area contributed by atoms with Crippen molar-refractivity contribution in [1.29, 1.82) is 0 Å². The van der Waals surface area contributed by atoms with Crippen LogP contribution in [0.1, 0.15) is 23.2 Å². The Kier molecular flexibility index (Phi) is 3.29. The highest BCUT2D eigenvalue weighted by atomic mass is 16.7. The fourth-order valence-electron chi connectivity index (χ4n) is 2.75. The molecule has 0 saturated carbocycles. The summed E-state index contributed by atoms with van der Waals surface area (Å²) >= 11 is 0. The van der Waals surface area contributed by atoms with E-state index in [0.717, 1.165) is 25.9 Å². The van der Waals surface area contributed by atoms with Gasteiger partial charge in [-0.3, -0.25) is 4.79 Å². The number of carbonyl (C=O) groups excluding carboxylic acids is 1.